The van der Waals surface area contributed by atoms with Crippen LogP contribution in [0.4, 0.5) is 4.39 Å². The van der Waals surface area contributed by atoms with E-state index in [1.54, 1.807) is 36.9 Å². The Balaban J connectivity index is 1.93. The number of ether oxygens (including phenoxy) is 2. The lowest BCUT2D eigenvalue weighted by Gasteiger charge is -2.13. The zero-order chi connectivity index (χ0) is 19.2. The average Bonchev–Trinajstić information content (AvgIpc) is 2.62. The number of halogens is 1. The first-order chi connectivity index (χ1) is 12.4. The zero-order valence-corrected chi connectivity index (χ0v) is 16.5. The number of nitrogens with one attached hydrogen (secondary N) is 1. The fraction of sp³-hybridized carbons (Fsp3) is 0.333. The Kier molecular flexibility index (Phi) is 7.31. The van der Waals surface area contributed by atoms with Crippen molar-refractivity contribution in [2.24, 2.45) is 0 Å². The standard InChI is InChI=1S/C18H22FNO4S2/c1-13-11-16(23-2)17(24-3)12-18(13)26(21,22)20-9-4-10-25-15-7-5-14(19)6-8-15/h5-8,11-12,20H,4,9-10H2,1-3H3. The average molecular weight is 400 g/mol. The van der Waals surface area contributed by atoms with Gasteiger partial charge in [0, 0.05) is 17.5 Å². The molecular formula is C18H22FNO4S2. The second-order valence-corrected chi connectivity index (χ2v) is 8.43. The van der Waals surface area contributed by atoms with Crippen molar-refractivity contribution in [2.45, 2.75) is 23.1 Å². The van der Waals surface area contributed by atoms with Gasteiger partial charge in [0.1, 0.15) is 5.82 Å². The van der Waals surface area contributed by atoms with E-state index < -0.39 is 10.0 Å². The van der Waals surface area contributed by atoms with Gasteiger partial charge in [-0.25, -0.2) is 17.5 Å². The Morgan fingerprint density at radius 2 is 1.69 bits per heavy atom. The van der Waals surface area contributed by atoms with Crippen molar-refractivity contribution in [1.82, 2.24) is 4.72 Å². The largest absolute Gasteiger partial charge is 0.493 e. The molecule has 0 fully saturated rings. The number of thioether (sulfide) groups is 1. The van der Waals surface area contributed by atoms with Crippen LogP contribution < -0.4 is 14.2 Å². The minimum absolute atomic E-state index is 0.168. The molecule has 0 spiro atoms. The summed E-state index contributed by atoms with van der Waals surface area (Å²) in [6, 6.07) is 9.33. The van der Waals surface area contributed by atoms with Crippen LogP contribution in [0.15, 0.2) is 46.2 Å². The number of sulfonamides is 1. The Labute approximate surface area is 158 Å². The summed E-state index contributed by atoms with van der Waals surface area (Å²) in [4.78, 5) is 1.12. The zero-order valence-electron chi connectivity index (χ0n) is 14.9. The molecule has 0 aromatic heterocycles. The first-order valence-corrected chi connectivity index (χ1v) is 10.4. The van der Waals surface area contributed by atoms with Gasteiger partial charge in [0.15, 0.2) is 11.5 Å². The second-order valence-electron chi connectivity index (χ2n) is 5.53. The minimum Gasteiger partial charge on any atom is -0.493 e. The van der Waals surface area contributed by atoms with Gasteiger partial charge < -0.3 is 9.47 Å². The van der Waals surface area contributed by atoms with Crippen LogP contribution in [0.25, 0.3) is 0 Å². The molecule has 0 unspecified atom stereocenters. The topological polar surface area (TPSA) is 64.6 Å². The number of hydrogen-bond acceptors (Lipinski definition) is 5. The maximum absolute atomic E-state index is 12.9. The van der Waals surface area contributed by atoms with Crippen LogP contribution in [-0.4, -0.2) is 34.9 Å². The highest BCUT2D eigenvalue weighted by atomic mass is 32.2. The van der Waals surface area contributed by atoms with Gasteiger partial charge >= 0.3 is 0 Å². The fourth-order valence-corrected chi connectivity index (χ4v) is 4.50. The van der Waals surface area contributed by atoms with E-state index in [0.717, 1.165) is 10.6 Å². The van der Waals surface area contributed by atoms with Gasteiger partial charge in [-0.1, -0.05) is 0 Å². The van der Waals surface area contributed by atoms with E-state index in [1.807, 2.05) is 0 Å². The van der Waals surface area contributed by atoms with Crippen molar-refractivity contribution in [3.63, 3.8) is 0 Å². The molecule has 0 aliphatic carbocycles. The second kappa shape index (κ2) is 9.25. The van der Waals surface area contributed by atoms with Crippen LogP contribution in [0.2, 0.25) is 0 Å². The molecule has 0 bridgehead atoms. The highest BCUT2D eigenvalue weighted by molar-refractivity contribution is 7.99. The predicted octanol–water partition coefficient (Wildman–Crippen LogP) is 3.61. The van der Waals surface area contributed by atoms with Crippen LogP contribution in [0.3, 0.4) is 0 Å². The lowest BCUT2D eigenvalue weighted by Crippen LogP contribution is -2.26. The maximum Gasteiger partial charge on any atom is 0.240 e. The van der Waals surface area contributed by atoms with Crippen LogP contribution in [0, 0.1) is 12.7 Å². The first kappa shape index (κ1) is 20.5. The minimum atomic E-state index is -3.64. The van der Waals surface area contributed by atoms with E-state index in [0.29, 0.717) is 30.0 Å². The lowest BCUT2D eigenvalue weighted by atomic mass is 10.2. The molecule has 0 saturated carbocycles. The van der Waals surface area contributed by atoms with Gasteiger partial charge in [-0.3, -0.25) is 0 Å². The Bertz CT molecular complexity index is 839. The predicted molar refractivity (Wildman–Crippen MR) is 101 cm³/mol. The van der Waals surface area contributed by atoms with Crippen molar-refractivity contribution in [3.05, 3.63) is 47.8 Å². The molecule has 5 nitrogen and oxygen atoms in total. The van der Waals surface area contributed by atoms with E-state index in [4.69, 9.17) is 9.47 Å². The first-order valence-electron chi connectivity index (χ1n) is 7.98. The summed E-state index contributed by atoms with van der Waals surface area (Å²) in [5, 5.41) is 0. The molecule has 1 N–H and O–H groups in total. The van der Waals surface area contributed by atoms with Crippen molar-refractivity contribution in [3.8, 4) is 11.5 Å². The van der Waals surface area contributed by atoms with Gasteiger partial charge in [0.25, 0.3) is 0 Å². The quantitative estimate of drug-likeness (QED) is 0.515. The molecule has 0 saturated heterocycles. The SMILES string of the molecule is COc1cc(C)c(S(=O)(=O)NCCCSc2ccc(F)cc2)cc1OC. The van der Waals surface area contributed by atoms with E-state index in [-0.39, 0.29) is 10.7 Å². The third-order valence-corrected chi connectivity index (χ3v) is 6.37. The Hall–Kier alpha value is -1.77. The van der Waals surface area contributed by atoms with Crippen molar-refractivity contribution in [1.29, 1.82) is 0 Å². The highest BCUT2D eigenvalue weighted by Gasteiger charge is 2.19. The molecule has 0 atom stereocenters. The number of rotatable bonds is 9. The molecule has 0 aliphatic rings. The van der Waals surface area contributed by atoms with E-state index in [9.17, 15) is 12.8 Å². The molecule has 0 aliphatic heterocycles. The number of hydrogen-bond donors (Lipinski definition) is 1. The molecule has 0 amide bonds. The molecule has 26 heavy (non-hydrogen) atoms. The summed E-state index contributed by atoms with van der Waals surface area (Å²) in [5.41, 5.74) is 0.579. The Morgan fingerprint density at radius 1 is 1.08 bits per heavy atom. The summed E-state index contributed by atoms with van der Waals surface area (Å²) >= 11 is 1.55. The number of benzene rings is 2. The van der Waals surface area contributed by atoms with Gasteiger partial charge in [-0.2, -0.15) is 0 Å². The van der Waals surface area contributed by atoms with Crippen LogP contribution in [0.5, 0.6) is 11.5 Å². The number of methoxy groups -OCH3 is 2. The van der Waals surface area contributed by atoms with Crippen LogP contribution in [0.1, 0.15) is 12.0 Å². The van der Waals surface area contributed by atoms with Crippen LogP contribution >= 0.6 is 11.8 Å². The molecule has 2 rings (SSSR count). The van der Waals surface area contributed by atoms with E-state index in [1.165, 1.54) is 32.4 Å². The molecule has 8 heteroatoms. The monoisotopic (exact) mass is 399 g/mol. The summed E-state index contributed by atoms with van der Waals surface area (Å²) in [7, 11) is -0.679. The summed E-state index contributed by atoms with van der Waals surface area (Å²) in [5.74, 6) is 1.30. The van der Waals surface area contributed by atoms with Gasteiger partial charge in [-0.05, 0) is 55.0 Å². The smallest absolute Gasteiger partial charge is 0.240 e. The van der Waals surface area contributed by atoms with Crippen molar-refractivity contribution < 1.29 is 22.3 Å². The van der Waals surface area contributed by atoms with Crippen molar-refractivity contribution >= 4 is 21.8 Å². The third-order valence-electron chi connectivity index (χ3n) is 3.67. The third kappa shape index (κ3) is 5.36. The summed E-state index contributed by atoms with van der Waals surface area (Å²) < 4.78 is 50.9. The van der Waals surface area contributed by atoms with Gasteiger partial charge in [0.05, 0.1) is 19.1 Å². The molecular weight excluding hydrogens is 377 g/mol. The molecule has 2 aromatic rings. The summed E-state index contributed by atoms with van der Waals surface area (Å²) in [6.07, 6.45) is 0.646. The number of aryl methyl sites for hydroxylation is 1. The highest BCUT2D eigenvalue weighted by Crippen LogP contribution is 2.32. The van der Waals surface area contributed by atoms with Crippen LogP contribution in [-0.2, 0) is 10.0 Å². The fourth-order valence-electron chi connectivity index (χ4n) is 2.33. The summed E-state index contributed by atoms with van der Waals surface area (Å²) in [6.45, 7) is 2.02. The Morgan fingerprint density at radius 3 is 2.31 bits per heavy atom. The molecule has 142 valence electrons. The van der Waals surface area contributed by atoms with Gasteiger partial charge in [-0.15, -0.1) is 11.8 Å². The van der Waals surface area contributed by atoms with Gasteiger partial charge in [0.2, 0.25) is 10.0 Å². The maximum atomic E-state index is 12.9. The molecule has 0 heterocycles. The lowest BCUT2D eigenvalue weighted by molar-refractivity contribution is 0.353. The normalized spacial score (nSPS) is 11.4. The van der Waals surface area contributed by atoms with Crippen molar-refractivity contribution in [2.75, 3.05) is 26.5 Å². The molecule has 2 aromatic carbocycles. The molecule has 0 radical (unpaired) electrons. The van der Waals surface area contributed by atoms with E-state index >= 15 is 0 Å². The van der Waals surface area contributed by atoms with E-state index in [2.05, 4.69) is 4.72 Å².